The standard InChI is InChI=1S/C28H31NO5/c1-3-19(4-2)24-16-23(30)26(27(31)34-24)25(20-13-14-20)21-11-8-12-22(15-21)29-28(32)33-17-18-9-6-5-7-10-18/h5-12,15-16,19-20,25,30H,3-4,13-14,17H2,1-2H3,(H,29,32). The molecule has 1 saturated carbocycles. The predicted octanol–water partition coefficient (Wildman–Crippen LogP) is 6.54. The Hall–Kier alpha value is -3.54. The normalized spacial score (nSPS) is 14.1. The van der Waals surface area contributed by atoms with Gasteiger partial charge in [-0.25, -0.2) is 9.59 Å². The molecule has 178 valence electrons. The Morgan fingerprint density at radius 3 is 2.47 bits per heavy atom. The Kier molecular flexibility index (Phi) is 7.36. The third-order valence-electron chi connectivity index (χ3n) is 6.48. The summed E-state index contributed by atoms with van der Waals surface area (Å²) in [5, 5.41) is 13.6. The van der Waals surface area contributed by atoms with Crippen LogP contribution in [0, 0.1) is 5.92 Å². The van der Waals surface area contributed by atoms with E-state index in [2.05, 4.69) is 5.32 Å². The van der Waals surface area contributed by atoms with Crippen molar-refractivity contribution in [2.45, 2.75) is 58.0 Å². The predicted molar refractivity (Wildman–Crippen MR) is 131 cm³/mol. The summed E-state index contributed by atoms with van der Waals surface area (Å²) >= 11 is 0. The molecule has 1 aliphatic carbocycles. The highest BCUT2D eigenvalue weighted by molar-refractivity contribution is 5.84. The molecule has 0 bridgehead atoms. The molecule has 1 unspecified atom stereocenters. The summed E-state index contributed by atoms with van der Waals surface area (Å²) in [4.78, 5) is 25.3. The second-order valence-electron chi connectivity index (χ2n) is 8.88. The molecule has 1 aromatic heterocycles. The summed E-state index contributed by atoms with van der Waals surface area (Å²) in [6.07, 6.45) is 3.04. The van der Waals surface area contributed by atoms with Gasteiger partial charge in [0.15, 0.2) is 0 Å². The summed E-state index contributed by atoms with van der Waals surface area (Å²) in [6, 6.07) is 18.4. The Bertz CT molecular complexity index is 1180. The zero-order valence-electron chi connectivity index (χ0n) is 19.6. The van der Waals surface area contributed by atoms with Crippen LogP contribution in [0.1, 0.15) is 73.8 Å². The lowest BCUT2D eigenvalue weighted by molar-refractivity contribution is 0.155. The number of carbonyl (C=O) groups excluding carboxylic acids is 1. The maximum Gasteiger partial charge on any atom is 0.411 e. The zero-order valence-corrected chi connectivity index (χ0v) is 19.6. The Balaban J connectivity index is 1.55. The van der Waals surface area contributed by atoms with Gasteiger partial charge in [-0.15, -0.1) is 0 Å². The van der Waals surface area contributed by atoms with Crippen LogP contribution in [0.2, 0.25) is 0 Å². The van der Waals surface area contributed by atoms with Gasteiger partial charge >= 0.3 is 11.7 Å². The van der Waals surface area contributed by atoms with E-state index in [0.29, 0.717) is 17.0 Å². The average Bonchev–Trinajstić information content (AvgIpc) is 3.67. The van der Waals surface area contributed by atoms with Gasteiger partial charge in [0.05, 0.1) is 5.56 Å². The van der Waals surface area contributed by atoms with Crippen LogP contribution >= 0.6 is 0 Å². The lowest BCUT2D eigenvalue weighted by atomic mass is 9.86. The molecule has 1 aliphatic rings. The molecule has 1 amide bonds. The monoisotopic (exact) mass is 461 g/mol. The first-order valence-electron chi connectivity index (χ1n) is 11.9. The minimum absolute atomic E-state index is 0.0179. The summed E-state index contributed by atoms with van der Waals surface area (Å²) in [5.74, 6) is 0.557. The van der Waals surface area contributed by atoms with Crippen LogP contribution < -0.4 is 10.9 Å². The van der Waals surface area contributed by atoms with Gasteiger partial charge in [0.2, 0.25) is 0 Å². The fourth-order valence-electron chi connectivity index (χ4n) is 4.48. The van der Waals surface area contributed by atoms with E-state index >= 15 is 0 Å². The van der Waals surface area contributed by atoms with E-state index in [4.69, 9.17) is 9.15 Å². The van der Waals surface area contributed by atoms with Crippen LogP contribution in [0.4, 0.5) is 10.5 Å². The summed E-state index contributed by atoms with van der Waals surface area (Å²) in [6.45, 7) is 4.25. The van der Waals surface area contributed by atoms with Crippen molar-refractivity contribution in [3.8, 4) is 5.75 Å². The molecule has 3 aromatic rings. The van der Waals surface area contributed by atoms with E-state index in [1.54, 1.807) is 12.1 Å². The fraction of sp³-hybridized carbons (Fsp3) is 0.357. The van der Waals surface area contributed by atoms with E-state index in [0.717, 1.165) is 36.8 Å². The third kappa shape index (κ3) is 5.50. The highest BCUT2D eigenvalue weighted by atomic mass is 16.5. The summed E-state index contributed by atoms with van der Waals surface area (Å²) in [5.41, 5.74) is 2.12. The van der Waals surface area contributed by atoms with E-state index in [-0.39, 0.29) is 30.1 Å². The van der Waals surface area contributed by atoms with Crippen LogP contribution in [0.25, 0.3) is 0 Å². The minimum atomic E-state index is -0.555. The van der Waals surface area contributed by atoms with Gasteiger partial charge in [-0.05, 0) is 54.9 Å². The molecule has 2 N–H and O–H groups in total. The first-order chi connectivity index (χ1) is 16.5. The molecule has 1 heterocycles. The highest BCUT2D eigenvalue weighted by Gasteiger charge is 2.37. The van der Waals surface area contributed by atoms with E-state index in [1.807, 2.05) is 62.4 Å². The number of nitrogens with one attached hydrogen (secondary N) is 1. The van der Waals surface area contributed by atoms with Crippen LogP contribution in [-0.2, 0) is 11.3 Å². The van der Waals surface area contributed by atoms with Gasteiger partial charge in [-0.3, -0.25) is 5.32 Å². The largest absolute Gasteiger partial charge is 0.507 e. The highest BCUT2D eigenvalue weighted by Crippen LogP contribution is 2.48. The van der Waals surface area contributed by atoms with Crippen molar-refractivity contribution in [3.63, 3.8) is 0 Å². The van der Waals surface area contributed by atoms with E-state index in [9.17, 15) is 14.7 Å². The van der Waals surface area contributed by atoms with Gasteiger partial charge in [0.25, 0.3) is 0 Å². The SMILES string of the molecule is CCC(CC)c1cc(O)c(C(c2cccc(NC(=O)OCc3ccccc3)c2)C2CC2)c(=O)o1. The van der Waals surface area contributed by atoms with Crippen molar-refractivity contribution in [2.75, 3.05) is 5.32 Å². The molecule has 1 fully saturated rings. The molecule has 2 aromatic carbocycles. The molecule has 0 radical (unpaired) electrons. The second-order valence-corrected chi connectivity index (χ2v) is 8.88. The molecule has 0 saturated heterocycles. The van der Waals surface area contributed by atoms with E-state index < -0.39 is 11.7 Å². The van der Waals surface area contributed by atoms with Gasteiger partial charge in [-0.2, -0.15) is 0 Å². The third-order valence-corrected chi connectivity index (χ3v) is 6.48. The fourth-order valence-corrected chi connectivity index (χ4v) is 4.48. The molecule has 6 heteroatoms. The van der Waals surface area contributed by atoms with Crippen LogP contribution in [0.5, 0.6) is 5.75 Å². The van der Waals surface area contributed by atoms with Crippen molar-refractivity contribution in [1.29, 1.82) is 0 Å². The summed E-state index contributed by atoms with van der Waals surface area (Å²) < 4.78 is 11.0. The number of hydrogen-bond acceptors (Lipinski definition) is 5. The first kappa shape index (κ1) is 23.6. The van der Waals surface area contributed by atoms with Crippen LogP contribution in [0.3, 0.4) is 0 Å². The molecule has 0 aliphatic heterocycles. The number of amides is 1. The van der Waals surface area contributed by atoms with Gasteiger partial charge in [0, 0.05) is 23.6 Å². The maximum atomic E-state index is 13.0. The van der Waals surface area contributed by atoms with Gasteiger partial charge in [-0.1, -0.05) is 56.3 Å². The molecule has 34 heavy (non-hydrogen) atoms. The number of benzene rings is 2. The smallest absolute Gasteiger partial charge is 0.411 e. The molecule has 6 nitrogen and oxygen atoms in total. The zero-order chi connectivity index (χ0) is 24.1. The molecular formula is C28H31NO5. The first-order valence-corrected chi connectivity index (χ1v) is 11.9. The number of carbonyl (C=O) groups is 1. The Morgan fingerprint density at radius 2 is 1.82 bits per heavy atom. The lowest BCUT2D eigenvalue weighted by Crippen LogP contribution is -2.18. The van der Waals surface area contributed by atoms with Crippen LogP contribution in [0.15, 0.2) is 69.9 Å². The number of aromatic hydroxyl groups is 1. The van der Waals surface area contributed by atoms with Crippen molar-refractivity contribution >= 4 is 11.8 Å². The van der Waals surface area contributed by atoms with Crippen LogP contribution in [-0.4, -0.2) is 11.2 Å². The second kappa shape index (κ2) is 10.6. The molecule has 4 rings (SSSR count). The maximum absolute atomic E-state index is 13.0. The van der Waals surface area contributed by atoms with Crippen molar-refractivity contribution < 1.29 is 19.1 Å². The van der Waals surface area contributed by atoms with E-state index in [1.165, 1.54) is 0 Å². The number of hydrogen-bond donors (Lipinski definition) is 2. The molecule has 1 atom stereocenters. The van der Waals surface area contributed by atoms with Gasteiger partial charge < -0.3 is 14.3 Å². The quantitative estimate of drug-likeness (QED) is 0.378. The lowest BCUT2D eigenvalue weighted by Gasteiger charge is -2.20. The summed E-state index contributed by atoms with van der Waals surface area (Å²) in [7, 11) is 0. The Morgan fingerprint density at radius 1 is 1.09 bits per heavy atom. The topological polar surface area (TPSA) is 88.8 Å². The number of anilines is 1. The average molecular weight is 462 g/mol. The molecule has 0 spiro atoms. The van der Waals surface area contributed by atoms with Gasteiger partial charge in [0.1, 0.15) is 18.1 Å². The number of rotatable bonds is 9. The minimum Gasteiger partial charge on any atom is -0.507 e. The van der Waals surface area contributed by atoms with Crippen molar-refractivity contribution in [2.24, 2.45) is 5.92 Å². The number of ether oxygens (including phenoxy) is 1. The van der Waals surface area contributed by atoms with Crippen molar-refractivity contribution in [3.05, 3.63) is 93.5 Å². The van der Waals surface area contributed by atoms with Crippen molar-refractivity contribution in [1.82, 2.24) is 0 Å². The molecular weight excluding hydrogens is 430 g/mol. The Labute approximate surface area is 199 Å².